The molecule has 1 saturated carbocycles. The van der Waals surface area contributed by atoms with Gasteiger partial charge in [0, 0.05) is 24.2 Å². The van der Waals surface area contributed by atoms with Crippen molar-refractivity contribution in [2.75, 3.05) is 13.1 Å². The second-order valence-corrected chi connectivity index (χ2v) is 6.16. The predicted octanol–water partition coefficient (Wildman–Crippen LogP) is 3.48. The quantitative estimate of drug-likeness (QED) is 0.829. The summed E-state index contributed by atoms with van der Waals surface area (Å²) in [5.74, 6) is -0.990. The van der Waals surface area contributed by atoms with Gasteiger partial charge >= 0.3 is 0 Å². The van der Waals surface area contributed by atoms with Crippen LogP contribution >= 0.6 is 0 Å². The molecule has 1 fully saturated rings. The third-order valence-electron chi connectivity index (χ3n) is 3.87. The van der Waals surface area contributed by atoms with Gasteiger partial charge in [0.25, 0.3) is 0 Å². The molecule has 0 amide bonds. The van der Waals surface area contributed by atoms with Crippen LogP contribution in [0.1, 0.15) is 44.7 Å². The van der Waals surface area contributed by atoms with Gasteiger partial charge in [0.1, 0.15) is 0 Å². The molecule has 0 radical (unpaired) electrons. The van der Waals surface area contributed by atoms with E-state index in [1.807, 2.05) is 0 Å². The smallest absolute Gasteiger partial charge is 0.163 e. The molecular weight excluding hydrogens is 258 g/mol. The lowest BCUT2D eigenvalue weighted by Crippen LogP contribution is -2.35. The number of halogens is 2. The van der Waals surface area contributed by atoms with Gasteiger partial charge in [-0.2, -0.15) is 0 Å². The van der Waals surface area contributed by atoms with Gasteiger partial charge in [0.15, 0.2) is 11.6 Å². The predicted molar refractivity (Wildman–Crippen MR) is 77.3 cm³/mol. The standard InChI is InChI=1S/C16H24F2N2/c1-11(2)8-9-20(12-6-7-12)10-15(19)13-4-3-5-14(17)16(13)18/h3-5,11-12,15H,6-10,19H2,1-2H3. The van der Waals surface area contributed by atoms with Crippen LogP contribution in [0.15, 0.2) is 18.2 Å². The van der Waals surface area contributed by atoms with Gasteiger partial charge in [-0.25, -0.2) is 8.78 Å². The third-order valence-corrected chi connectivity index (χ3v) is 3.87. The Morgan fingerprint density at radius 3 is 2.60 bits per heavy atom. The van der Waals surface area contributed by atoms with Crippen molar-refractivity contribution >= 4 is 0 Å². The maximum atomic E-state index is 13.8. The van der Waals surface area contributed by atoms with E-state index in [0.29, 0.717) is 18.5 Å². The number of nitrogens with two attached hydrogens (primary N) is 1. The fraction of sp³-hybridized carbons (Fsp3) is 0.625. The molecule has 2 rings (SSSR count). The highest BCUT2D eigenvalue weighted by molar-refractivity contribution is 5.22. The van der Waals surface area contributed by atoms with Gasteiger partial charge in [-0.05, 0) is 37.8 Å². The molecule has 0 heterocycles. The van der Waals surface area contributed by atoms with Gasteiger partial charge in [0.2, 0.25) is 0 Å². The zero-order valence-corrected chi connectivity index (χ0v) is 12.3. The summed E-state index contributed by atoms with van der Waals surface area (Å²) in [6.45, 7) is 5.96. The molecule has 0 saturated heterocycles. The first kappa shape index (κ1) is 15.4. The van der Waals surface area contributed by atoms with Crippen molar-refractivity contribution in [3.63, 3.8) is 0 Å². The molecule has 112 valence electrons. The lowest BCUT2D eigenvalue weighted by molar-refractivity contribution is 0.232. The van der Waals surface area contributed by atoms with E-state index in [-0.39, 0.29) is 5.56 Å². The van der Waals surface area contributed by atoms with Gasteiger partial charge in [-0.3, -0.25) is 4.90 Å². The van der Waals surface area contributed by atoms with E-state index >= 15 is 0 Å². The Bertz CT molecular complexity index is 444. The van der Waals surface area contributed by atoms with Crippen LogP contribution in [0.3, 0.4) is 0 Å². The summed E-state index contributed by atoms with van der Waals surface area (Å²) in [5, 5.41) is 0. The fourth-order valence-electron chi connectivity index (χ4n) is 2.44. The normalized spacial score (nSPS) is 16.9. The van der Waals surface area contributed by atoms with E-state index in [1.54, 1.807) is 6.07 Å². The van der Waals surface area contributed by atoms with Gasteiger partial charge in [-0.15, -0.1) is 0 Å². The highest BCUT2D eigenvalue weighted by Gasteiger charge is 2.30. The maximum absolute atomic E-state index is 13.8. The number of rotatable bonds is 7. The molecule has 0 aliphatic heterocycles. The Balaban J connectivity index is 2.00. The Labute approximate surface area is 120 Å². The van der Waals surface area contributed by atoms with Crippen molar-refractivity contribution in [1.82, 2.24) is 4.90 Å². The zero-order valence-electron chi connectivity index (χ0n) is 12.3. The van der Waals surface area contributed by atoms with Crippen LogP contribution in [0.4, 0.5) is 8.78 Å². The summed E-state index contributed by atoms with van der Waals surface area (Å²) in [7, 11) is 0. The van der Waals surface area contributed by atoms with E-state index in [1.165, 1.54) is 18.9 Å². The second kappa shape index (κ2) is 6.64. The van der Waals surface area contributed by atoms with Gasteiger partial charge < -0.3 is 5.73 Å². The van der Waals surface area contributed by atoms with E-state index < -0.39 is 17.7 Å². The molecule has 1 unspecified atom stereocenters. The van der Waals surface area contributed by atoms with E-state index in [2.05, 4.69) is 18.7 Å². The Morgan fingerprint density at radius 2 is 2.00 bits per heavy atom. The van der Waals surface area contributed by atoms with E-state index in [0.717, 1.165) is 19.0 Å². The topological polar surface area (TPSA) is 29.3 Å². The van der Waals surface area contributed by atoms with Crippen LogP contribution in [0.5, 0.6) is 0 Å². The summed E-state index contributed by atoms with van der Waals surface area (Å²) >= 11 is 0. The first-order chi connectivity index (χ1) is 9.49. The minimum absolute atomic E-state index is 0.278. The van der Waals surface area contributed by atoms with E-state index in [4.69, 9.17) is 5.73 Å². The first-order valence-corrected chi connectivity index (χ1v) is 7.42. The fourth-order valence-corrected chi connectivity index (χ4v) is 2.44. The molecule has 0 aromatic heterocycles. The van der Waals surface area contributed by atoms with Crippen LogP contribution in [-0.4, -0.2) is 24.0 Å². The summed E-state index contributed by atoms with van der Waals surface area (Å²) in [6, 6.07) is 4.33. The summed E-state index contributed by atoms with van der Waals surface area (Å²) in [5.41, 5.74) is 6.37. The minimum Gasteiger partial charge on any atom is -0.323 e. The molecule has 2 nitrogen and oxygen atoms in total. The lowest BCUT2D eigenvalue weighted by atomic mass is 10.1. The molecule has 4 heteroatoms. The highest BCUT2D eigenvalue weighted by atomic mass is 19.2. The Hall–Kier alpha value is -1.00. The van der Waals surface area contributed by atoms with E-state index in [9.17, 15) is 8.78 Å². The van der Waals surface area contributed by atoms with Gasteiger partial charge in [-0.1, -0.05) is 26.0 Å². The van der Waals surface area contributed by atoms with Crippen molar-refractivity contribution in [2.24, 2.45) is 11.7 Å². The summed E-state index contributed by atoms with van der Waals surface area (Å²) in [6.07, 6.45) is 3.49. The average molecular weight is 282 g/mol. The zero-order chi connectivity index (χ0) is 14.7. The van der Waals surface area contributed by atoms with Crippen LogP contribution in [0, 0.1) is 17.6 Å². The highest BCUT2D eigenvalue weighted by Crippen LogP contribution is 2.29. The SMILES string of the molecule is CC(C)CCN(CC(N)c1cccc(F)c1F)C1CC1. The monoisotopic (exact) mass is 282 g/mol. The molecule has 0 spiro atoms. The average Bonchev–Trinajstić information content (AvgIpc) is 3.21. The molecule has 1 aromatic carbocycles. The molecule has 1 aromatic rings. The largest absolute Gasteiger partial charge is 0.323 e. The molecule has 0 bridgehead atoms. The lowest BCUT2D eigenvalue weighted by Gasteiger charge is -2.26. The van der Waals surface area contributed by atoms with Crippen LogP contribution in [0.25, 0.3) is 0 Å². The number of benzene rings is 1. The second-order valence-electron chi connectivity index (χ2n) is 6.16. The Kier molecular flexibility index (Phi) is 5.11. The maximum Gasteiger partial charge on any atom is 0.163 e. The summed E-state index contributed by atoms with van der Waals surface area (Å²) < 4.78 is 27.0. The minimum atomic E-state index is -0.821. The van der Waals surface area contributed by atoms with Crippen molar-refractivity contribution in [2.45, 2.75) is 45.2 Å². The van der Waals surface area contributed by atoms with Crippen LogP contribution < -0.4 is 5.73 Å². The van der Waals surface area contributed by atoms with Crippen molar-refractivity contribution in [1.29, 1.82) is 0 Å². The molecule has 2 N–H and O–H groups in total. The number of hydrogen-bond donors (Lipinski definition) is 1. The number of nitrogens with zero attached hydrogens (tertiary/aromatic N) is 1. The van der Waals surface area contributed by atoms with Crippen molar-refractivity contribution in [3.05, 3.63) is 35.4 Å². The first-order valence-electron chi connectivity index (χ1n) is 7.42. The molecule has 1 atom stereocenters. The van der Waals surface area contributed by atoms with Crippen molar-refractivity contribution < 1.29 is 8.78 Å². The molecule has 1 aliphatic rings. The third kappa shape index (κ3) is 4.00. The number of hydrogen-bond acceptors (Lipinski definition) is 2. The van der Waals surface area contributed by atoms with Crippen LogP contribution in [-0.2, 0) is 0 Å². The molecule has 1 aliphatic carbocycles. The Morgan fingerprint density at radius 1 is 1.30 bits per heavy atom. The van der Waals surface area contributed by atoms with Gasteiger partial charge in [0.05, 0.1) is 0 Å². The summed E-state index contributed by atoms with van der Waals surface area (Å²) in [4.78, 5) is 2.33. The van der Waals surface area contributed by atoms with Crippen molar-refractivity contribution in [3.8, 4) is 0 Å². The molecular formula is C16H24F2N2. The molecule has 20 heavy (non-hydrogen) atoms. The van der Waals surface area contributed by atoms with Crippen LogP contribution in [0.2, 0.25) is 0 Å².